The van der Waals surface area contributed by atoms with Gasteiger partial charge in [-0.15, -0.1) is 0 Å². The number of rotatable bonds is 6. The van der Waals surface area contributed by atoms with Crippen molar-refractivity contribution in [3.8, 4) is 5.75 Å². The van der Waals surface area contributed by atoms with Gasteiger partial charge in [0.1, 0.15) is 5.75 Å². The molecule has 0 spiro atoms. The number of benzene rings is 1. The molecule has 0 saturated heterocycles. The first kappa shape index (κ1) is 16.1. The van der Waals surface area contributed by atoms with E-state index in [0.717, 1.165) is 5.56 Å². The van der Waals surface area contributed by atoms with E-state index in [1.807, 2.05) is 20.8 Å². The van der Waals surface area contributed by atoms with Crippen LogP contribution in [0.2, 0.25) is 5.02 Å². The van der Waals surface area contributed by atoms with Crippen molar-refractivity contribution in [3.05, 3.63) is 22.7 Å². The fraction of sp³-hybridized carbons (Fsp3) is 0.538. The predicted molar refractivity (Wildman–Crippen MR) is 79.6 cm³/mol. The first-order chi connectivity index (χ1) is 8.75. The molecule has 0 aliphatic rings. The molecule has 1 N–H and O–H groups in total. The highest BCUT2D eigenvalue weighted by molar-refractivity contribution is 7.92. The van der Waals surface area contributed by atoms with Crippen LogP contribution in [0.1, 0.15) is 25.8 Å². The van der Waals surface area contributed by atoms with Crippen LogP contribution in [0.4, 0.5) is 5.69 Å². The summed E-state index contributed by atoms with van der Waals surface area (Å²) in [5.74, 6) is 0.851. The van der Waals surface area contributed by atoms with Crippen LogP contribution in [0.25, 0.3) is 0 Å². The maximum absolute atomic E-state index is 12.0. The number of methoxy groups -OCH3 is 1. The van der Waals surface area contributed by atoms with Crippen LogP contribution < -0.4 is 9.46 Å². The lowest BCUT2D eigenvalue weighted by molar-refractivity contribution is 0.417. The van der Waals surface area contributed by atoms with Crippen molar-refractivity contribution >= 4 is 27.3 Å². The van der Waals surface area contributed by atoms with E-state index in [9.17, 15) is 8.42 Å². The zero-order valence-electron chi connectivity index (χ0n) is 11.7. The normalized spacial score (nSPS) is 11.7. The minimum absolute atomic E-state index is 0.0928. The Hall–Kier alpha value is -0.940. The van der Waals surface area contributed by atoms with Gasteiger partial charge in [0.15, 0.2) is 0 Å². The number of anilines is 1. The second kappa shape index (κ2) is 6.48. The third-order valence-corrected chi connectivity index (χ3v) is 4.42. The summed E-state index contributed by atoms with van der Waals surface area (Å²) in [6.07, 6.45) is 0.615. The van der Waals surface area contributed by atoms with Crippen molar-refractivity contribution < 1.29 is 13.2 Å². The minimum Gasteiger partial charge on any atom is -0.495 e. The maximum atomic E-state index is 12.0. The number of nitrogens with one attached hydrogen (secondary N) is 1. The molecular formula is C13H20ClNO3S. The standard InChI is InChI=1S/C13H20ClNO3S/c1-9(2)5-6-19(16,17)15-12-7-10(3)11(14)8-13(12)18-4/h7-9,15H,5-6H2,1-4H3. The predicted octanol–water partition coefficient (Wildman–Crippen LogP) is 3.44. The van der Waals surface area contributed by atoms with E-state index in [-0.39, 0.29) is 5.75 Å². The molecule has 0 aromatic heterocycles. The Balaban J connectivity index is 2.95. The number of sulfonamides is 1. The van der Waals surface area contributed by atoms with Crippen LogP contribution in [-0.2, 0) is 10.0 Å². The van der Waals surface area contributed by atoms with E-state index >= 15 is 0 Å². The highest BCUT2D eigenvalue weighted by Gasteiger charge is 2.15. The summed E-state index contributed by atoms with van der Waals surface area (Å²) in [5, 5.41) is 0.543. The Kier molecular flexibility index (Phi) is 5.50. The first-order valence-electron chi connectivity index (χ1n) is 6.10. The smallest absolute Gasteiger partial charge is 0.232 e. The summed E-state index contributed by atoms with van der Waals surface area (Å²) in [6.45, 7) is 5.79. The average Bonchev–Trinajstić information content (AvgIpc) is 2.31. The van der Waals surface area contributed by atoms with Gasteiger partial charge in [-0.3, -0.25) is 4.72 Å². The van der Waals surface area contributed by atoms with E-state index < -0.39 is 10.0 Å². The molecule has 1 aromatic carbocycles. The van der Waals surface area contributed by atoms with Crippen molar-refractivity contribution in [2.45, 2.75) is 27.2 Å². The summed E-state index contributed by atoms with van der Waals surface area (Å²) in [6, 6.07) is 3.28. The maximum Gasteiger partial charge on any atom is 0.232 e. The number of ether oxygens (including phenoxy) is 1. The Bertz CT molecular complexity index is 541. The van der Waals surface area contributed by atoms with Gasteiger partial charge < -0.3 is 4.74 Å². The molecule has 108 valence electrons. The number of aryl methyl sites for hydroxylation is 1. The van der Waals surface area contributed by atoms with Gasteiger partial charge in [-0.25, -0.2) is 8.42 Å². The van der Waals surface area contributed by atoms with E-state index in [1.54, 1.807) is 12.1 Å². The molecule has 0 fully saturated rings. The van der Waals surface area contributed by atoms with E-state index in [2.05, 4.69) is 4.72 Å². The van der Waals surface area contributed by atoms with E-state index in [1.165, 1.54) is 7.11 Å². The van der Waals surface area contributed by atoms with Crippen molar-refractivity contribution in [2.24, 2.45) is 5.92 Å². The Morgan fingerprint density at radius 1 is 1.37 bits per heavy atom. The van der Waals surface area contributed by atoms with Crippen LogP contribution in [0.15, 0.2) is 12.1 Å². The van der Waals surface area contributed by atoms with Gasteiger partial charge in [-0.1, -0.05) is 25.4 Å². The lowest BCUT2D eigenvalue weighted by atomic mass is 10.2. The third-order valence-electron chi connectivity index (χ3n) is 2.71. The second-order valence-corrected chi connectivity index (χ2v) is 7.15. The Morgan fingerprint density at radius 3 is 2.53 bits per heavy atom. The van der Waals surface area contributed by atoms with Gasteiger partial charge in [0.25, 0.3) is 0 Å². The molecule has 0 aliphatic heterocycles. The second-order valence-electron chi connectivity index (χ2n) is 4.91. The highest BCUT2D eigenvalue weighted by atomic mass is 35.5. The molecule has 0 heterocycles. The molecule has 0 amide bonds. The minimum atomic E-state index is -3.36. The zero-order valence-corrected chi connectivity index (χ0v) is 13.2. The Labute approximate surface area is 120 Å². The van der Waals surface area contributed by atoms with Crippen molar-refractivity contribution in [1.82, 2.24) is 0 Å². The van der Waals surface area contributed by atoms with Crippen LogP contribution in [-0.4, -0.2) is 21.3 Å². The quantitative estimate of drug-likeness (QED) is 0.876. The molecule has 0 bridgehead atoms. The topological polar surface area (TPSA) is 55.4 Å². The average molecular weight is 306 g/mol. The van der Waals surface area contributed by atoms with Crippen LogP contribution in [0.3, 0.4) is 0 Å². The zero-order chi connectivity index (χ0) is 14.6. The van der Waals surface area contributed by atoms with Gasteiger partial charge in [-0.2, -0.15) is 0 Å². The van der Waals surface area contributed by atoms with Crippen molar-refractivity contribution in [1.29, 1.82) is 0 Å². The monoisotopic (exact) mass is 305 g/mol. The molecule has 4 nitrogen and oxygen atoms in total. The van der Waals surface area contributed by atoms with Crippen molar-refractivity contribution in [2.75, 3.05) is 17.6 Å². The summed E-state index contributed by atoms with van der Waals surface area (Å²) < 4.78 is 31.6. The molecule has 19 heavy (non-hydrogen) atoms. The summed E-state index contributed by atoms with van der Waals surface area (Å²) in [5.41, 5.74) is 1.22. The molecule has 6 heteroatoms. The van der Waals surface area contributed by atoms with Gasteiger partial charge in [0, 0.05) is 11.1 Å². The molecule has 0 radical (unpaired) electrons. The molecule has 1 aromatic rings. The molecule has 0 unspecified atom stereocenters. The Morgan fingerprint density at radius 2 is 2.00 bits per heavy atom. The highest BCUT2D eigenvalue weighted by Crippen LogP contribution is 2.31. The molecular weight excluding hydrogens is 286 g/mol. The largest absolute Gasteiger partial charge is 0.495 e. The number of hydrogen-bond acceptors (Lipinski definition) is 3. The summed E-state index contributed by atoms with van der Waals surface area (Å²) >= 11 is 5.98. The lowest BCUT2D eigenvalue weighted by Gasteiger charge is -2.14. The van der Waals surface area contributed by atoms with E-state index in [0.29, 0.717) is 28.8 Å². The molecule has 0 aliphatic carbocycles. The van der Waals surface area contributed by atoms with Crippen LogP contribution in [0, 0.1) is 12.8 Å². The summed E-state index contributed by atoms with van der Waals surface area (Å²) in [4.78, 5) is 0. The third kappa shape index (κ3) is 4.91. The lowest BCUT2D eigenvalue weighted by Crippen LogP contribution is -2.18. The van der Waals surface area contributed by atoms with Crippen LogP contribution in [0.5, 0.6) is 5.75 Å². The van der Waals surface area contributed by atoms with Crippen LogP contribution >= 0.6 is 11.6 Å². The van der Waals surface area contributed by atoms with Gasteiger partial charge in [-0.05, 0) is 30.9 Å². The molecule has 1 rings (SSSR count). The molecule has 0 saturated carbocycles. The van der Waals surface area contributed by atoms with Gasteiger partial charge in [0.2, 0.25) is 10.0 Å². The van der Waals surface area contributed by atoms with E-state index in [4.69, 9.17) is 16.3 Å². The number of hydrogen-bond donors (Lipinski definition) is 1. The fourth-order valence-corrected chi connectivity index (χ4v) is 3.05. The first-order valence-corrected chi connectivity index (χ1v) is 8.13. The van der Waals surface area contributed by atoms with Gasteiger partial charge in [0.05, 0.1) is 18.6 Å². The fourth-order valence-electron chi connectivity index (χ4n) is 1.52. The molecule has 0 atom stereocenters. The van der Waals surface area contributed by atoms with Gasteiger partial charge >= 0.3 is 0 Å². The number of halogens is 1. The summed E-state index contributed by atoms with van der Waals surface area (Å²) in [7, 11) is -1.89. The SMILES string of the molecule is COc1cc(Cl)c(C)cc1NS(=O)(=O)CCC(C)C. The van der Waals surface area contributed by atoms with Crippen molar-refractivity contribution in [3.63, 3.8) is 0 Å².